The zero-order valence-electron chi connectivity index (χ0n) is 19.8. The second kappa shape index (κ2) is 14.2. The number of piperazine rings is 1. The van der Waals surface area contributed by atoms with Gasteiger partial charge in [0.1, 0.15) is 6.54 Å². The van der Waals surface area contributed by atoms with Gasteiger partial charge in [0.25, 0.3) is 0 Å². The summed E-state index contributed by atoms with van der Waals surface area (Å²) in [5.41, 5.74) is 0. The summed E-state index contributed by atoms with van der Waals surface area (Å²) < 4.78 is 5.72. The van der Waals surface area contributed by atoms with Crippen LogP contribution in [0.5, 0.6) is 0 Å². The van der Waals surface area contributed by atoms with Crippen LogP contribution in [-0.2, 0) is 14.3 Å². The molecule has 3 aliphatic rings. The highest BCUT2D eigenvalue weighted by molar-refractivity contribution is 14.0. The van der Waals surface area contributed by atoms with Crippen molar-refractivity contribution in [3.8, 4) is 0 Å². The number of likely N-dealkylation sites (N-methyl/N-ethyl adjacent to an activating group) is 1. The molecule has 0 aromatic rings. The summed E-state index contributed by atoms with van der Waals surface area (Å²) in [6, 6.07) is 0. The third-order valence-electron chi connectivity index (χ3n) is 6.36. The number of hydrogen-bond donors (Lipinski definition) is 1. The topological polar surface area (TPSA) is 80.7 Å². The summed E-state index contributed by atoms with van der Waals surface area (Å²) >= 11 is 0. The van der Waals surface area contributed by atoms with Crippen molar-refractivity contribution in [2.24, 2.45) is 4.99 Å². The first kappa shape index (κ1) is 27.1. The lowest BCUT2D eigenvalue weighted by molar-refractivity contribution is -0.132. The molecule has 2 amide bonds. The number of amides is 2. The fourth-order valence-corrected chi connectivity index (χ4v) is 4.29. The Hall–Kier alpha value is -1.14. The molecule has 3 aliphatic heterocycles. The Bertz CT molecular complexity index is 611. The Kier molecular flexibility index (Phi) is 12.0. The number of likely N-dealkylation sites (tertiary alicyclic amines) is 1. The predicted octanol–water partition coefficient (Wildman–Crippen LogP) is 0.837. The smallest absolute Gasteiger partial charge is 0.243 e. The van der Waals surface area contributed by atoms with Crippen molar-refractivity contribution in [3.63, 3.8) is 0 Å². The molecular weight excluding hydrogens is 523 g/mol. The van der Waals surface area contributed by atoms with Gasteiger partial charge < -0.3 is 24.8 Å². The maximum absolute atomic E-state index is 12.7. The zero-order chi connectivity index (χ0) is 22.1. The SMILES string of the molecule is CN(C)C(=O)CN=C(NCC1CCCO1)N1CCN(CC(=O)N2CCCCCC2)CC1.I. The normalized spacial score (nSPS) is 22.8. The number of rotatable bonds is 6. The Morgan fingerprint density at radius 1 is 0.969 bits per heavy atom. The summed E-state index contributed by atoms with van der Waals surface area (Å²) in [6.45, 7) is 7.21. The number of halogens is 1. The molecular formula is C22H41IN6O3. The van der Waals surface area contributed by atoms with Crippen LogP contribution in [0.1, 0.15) is 38.5 Å². The van der Waals surface area contributed by atoms with Gasteiger partial charge in [-0.15, -0.1) is 24.0 Å². The average Bonchev–Trinajstić information content (AvgIpc) is 3.14. The molecule has 1 unspecified atom stereocenters. The Morgan fingerprint density at radius 3 is 2.25 bits per heavy atom. The molecule has 0 aliphatic carbocycles. The second-order valence-corrected chi connectivity index (χ2v) is 9.00. The highest BCUT2D eigenvalue weighted by Gasteiger charge is 2.25. The van der Waals surface area contributed by atoms with Gasteiger partial charge in [0.2, 0.25) is 11.8 Å². The Labute approximate surface area is 209 Å². The first-order valence-electron chi connectivity index (χ1n) is 11.9. The van der Waals surface area contributed by atoms with E-state index >= 15 is 0 Å². The van der Waals surface area contributed by atoms with E-state index in [2.05, 4.69) is 20.1 Å². The first-order valence-corrected chi connectivity index (χ1v) is 11.9. The molecule has 1 atom stereocenters. The van der Waals surface area contributed by atoms with E-state index in [0.29, 0.717) is 13.1 Å². The number of carbonyl (C=O) groups excluding carboxylic acids is 2. The van der Waals surface area contributed by atoms with E-state index in [0.717, 1.165) is 77.5 Å². The van der Waals surface area contributed by atoms with E-state index in [1.165, 1.54) is 12.8 Å². The third kappa shape index (κ3) is 8.66. The molecule has 1 N–H and O–H groups in total. The molecule has 32 heavy (non-hydrogen) atoms. The first-order chi connectivity index (χ1) is 15.0. The van der Waals surface area contributed by atoms with E-state index < -0.39 is 0 Å². The van der Waals surface area contributed by atoms with E-state index in [1.807, 2.05) is 4.90 Å². The average molecular weight is 565 g/mol. The number of nitrogens with zero attached hydrogens (tertiary/aromatic N) is 5. The maximum Gasteiger partial charge on any atom is 0.243 e. The standard InChI is InChI=1S/C22H40N6O3.HI/c1-25(2)20(29)17-24-22(23-16-19-8-7-15-31-19)28-13-11-26(12-14-28)18-21(30)27-9-5-3-4-6-10-27;/h19H,3-18H2,1-2H3,(H,23,24);1H. The Balaban J connectivity index is 0.00000363. The lowest BCUT2D eigenvalue weighted by atomic mass is 10.2. The van der Waals surface area contributed by atoms with Crippen LogP contribution in [0.3, 0.4) is 0 Å². The van der Waals surface area contributed by atoms with Crippen molar-refractivity contribution in [1.29, 1.82) is 0 Å². The molecule has 3 rings (SSSR count). The van der Waals surface area contributed by atoms with Gasteiger partial charge in [-0.2, -0.15) is 0 Å². The van der Waals surface area contributed by atoms with Gasteiger partial charge in [-0.05, 0) is 25.7 Å². The molecule has 0 bridgehead atoms. The molecule has 3 saturated heterocycles. The lowest BCUT2D eigenvalue weighted by Crippen LogP contribution is -2.55. The summed E-state index contributed by atoms with van der Waals surface area (Å²) in [6.07, 6.45) is 7.09. The molecule has 0 aromatic heterocycles. The van der Waals surface area contributed by atoms with Gasteiger partial charge in [-0.3, -0.25) is 14.5 Å². The van der Waals surface area contributed by atoms with Crippen molar-refractivity contribution in [2.45, 2.75) is 44.6 Å². The highest BCUT2D eigenvalue weighted by atomic mass is 127. The van der Waals surface area contributed by atoms with E-state index in [-0.39, 0.29) is 48.4 Å². The van der Waals surface area contributed by atoms with Gasteiger partial charge >= 0.3 is 0 Å². The maximum atomic E-state index is 12.7. The van der Waals surface area contributed by atoms with Crippen LogP contribution in [0.25, 0.3) is 0 Å². The summed E-state index contributed by atoms with van der Waals surface area (Å²) in [5, 5.41) is 3.43. The number of guanidine groups is 1. The van der Waals surface area contributed by atoms with Crippen LogP contribution < -0.4 is 5.32 Å². The third-order valence-corrected chi connectivity index (χ3v) is 6.36. The summed E-state index contributed by atoms with van der Waals surface area (Å²) in [5.74, 6) is 1.01. The van der Waals surface area contributed by atoms with Crippen molar-refractivity contribution in [1.82, 2.24) is 24.9 Å². The Morgan fingerprint density at radius 2 is 1.66 bits per heavy atom. The van der Waals surface area contributed by atoms with Crippen molar-refractivity contribution >= 4 is 41.8 Å². The molecule has 9 nitrogen and oxygen atoms in total. The van der Waals surface area contributed by atoms with Crippen LogP contribution in [-0.4, -0.2) is 123 Å². The largest absolute Gasteiger partial charge is 0.376 e. The van der Waals surface area contributed by atoms with Crippen molar-refractivity contribution in [3.05, 3.63) is 0 Å². The van der Waals surface area contributed by atoms with E-state index in [9.17, 15) is 9.59 Å². The van der Waals surface area contributed by atoms with Gasteiger partial charge in [0.05, 0.1) is 12.6 Å². The summed E-state index contributed by atoms with van der Waals surface area (Å²) in [7, 11) is 3.49. The fraction of sp³-hybridized carbons (Fsp3) is 0.864. The second-order valence-electron chi connectivity index (χ2n) is 9.00. The molecule has 3 fully saturated rings. The van der Waals surface area contributed by atoms with Crippen molar-refractivity contribution < 1.29 is 14.3 Å². The predicted molar refractivity (Wildman–Crippen MR) is 136 cm³/mol. The van der Waals surface area contributed by atoms with Crippen LogP contribution in [0.2, 0.25) is 0 Å². The molecule has 0 aromatic carbocycles. The fourth-order valence-electron chi connectivity index (χ4n) is 4.29. The molecule has 10 heteroatoms. The van der Waals surface area contributed by atoms with E-state index in [1.54, 1.807) is 19.0 Å². The summed E-state index contributed by atoms with van der Waals surface area (Å²) in [4.78, 5) is 37.4. The lowest BCUT2D eigenvalue weighted by Gasteiger charge is -2.37. The van der Waals surface area contributed by atoms with Gasteiger partial charge in [0, 0.05) is 66.5 Å². The number of ether oxygens (including phenoxy) is 1. The number of nitrogens with one attached hydrogen (secondary N) is 1. The van der Waals surface area contributed by atoms with Gasteiger partial charge in [-0.1, -0.05) is 12.8 Å². The highest BCUT2D eigenvalue weighted by Crippen LogP contribution is 2.12. The number of aliphatic imine (C=N–C) groups is 1. The van der Waals surface area contributed by atoms with Crippen molar-refractivity contribution in [2.75, 3.05) is 79.6 Å². The number of carbonyl (C=O) groups is 2. The quantitative estimate of drug-likeness (QED) is 0.293. The van der Waals surface area contributed by atoms with E-state index in [4.69, 9.17) is 4.74 Å². The monoisotopic (exact) mass is 564 g/mol. The number of hydrogen-bond acceptors (Lipinski definition) is 5. The minimum absolute atomic E-state index is 0. The van der Waals surface area contributed by atoms with Gasteiger partial charge in [-0.25, -0.2) is 4.99 Å². The van der Waals surface area contributed by atoms with Crippen LogP contribution in [0.4, 0.5) is 0 Å². The molecule has 0 radical (unpaired) electrons. The minimum Gasteiger partial charge on any atom is -0.376 e. The van der Waals surface area contributed by atoms with Crippen LogP contribution in [0.15, 0.2) is 4.99 Å². The molecule has 184 valence electrons. The molecule has 0 spiro atoms. The molecule has 3 heterocycles. The zero-order valence-corrected chi connectivity index (χ0v) is 22.1. The minimum atomic E-state index is -0.0156. The van der Waals surface area contributed by atoms with Gasteiger partial charge in [0.15, 0.2) is 5.96 Å². The molecule has 0 saturated carbocycles. The van der Waals surface area contributed by atoms with Crippen LogP contribution >= 0.6 is 24.0 Å². The van der Waals surface area contributed by atoms with Crippen LogP contribution in [0, 0.1) is 0 Å².